The minimum Gasteiger partial charge on any atom is -0.493 e. The van der Waals surface area contributed by atoms with Crippen molar-refractivity contribution in [3.63, 3.8) is 0 Å². The summed E-state index contributed by atoms with van der Waals surface area (Å²) in [7, 11) is 2.99. The van der Waals surface area contributed by atoms with Crippen LogP contribution in [0.25, 0.3) is 11.4 Å². The van der Waals surface area contributed by atoms with Crippen molar-refractivity contribution in [3.05, 3.63) is 53.9 Å². The Morgan fingerprint density at radius 1 is 1.00 bits per heavy atom. The van der Waals surface area contributed by atoms with Gasteiger partial charge in [-0.25, -0.2) is 4.90 Å². The zero-order chi connectivity index (χ0) is 23.1. The second-order valence-electron chi connectivity index (χ2n) is 7.62. The highest BCUT2D eigenvalue weighted by Crippen LogP contribution is 2.37. The first-order valence-electron chi connectivity index (χ1n) is 10.2. The first-order chi connectivity index (χ1) is 16.0. The fourth-order valence-electron chi connectivity index (χ4n) is 3.85. The topological polar surface area (TPSA) is 123 Å². The highest BCUT2D eigenvalue weighted by atomic mass is 16.5. The first-order valence-corrected chi connectivity index (χ1v) is 10.2. The van der Waals surface area contributed by atoms with Crippen LogP contribution in [0, 0.1) is 6.92 Å². The van der Waals surface area contributed by atoms with Crippen molar-refractivity contribution in [1.82, 2.24) is 15.1 Å². The Hall–Kier alpha value is -4.28. The molecule has 33 heavy (non-hydrogen) atoms. The summed E-state index contributed by atoms with van der Waals surface area (Å²) in [6.07, 6.45) is 0. The third-order valence-corrected chi connectivity index (χ3v) is 5.56. The molecule has 2 aliphatic heterocycles. The van der Waals surface area contributed by atoms with Crippen LogP contribution in [0.1, 0.15) is 11.5 Å². The maximum atomic E-state index is 13.2. The van der Waals surface area contributed by atoms with Gasteiger partial charge in [0, 0.05) is 11.6 Å². The van der Waals surface area contributed by atoms with Crippen molar-refractivity contribution in [1.29, 1.82) is 0 Å². The summed E-state index contributed by atoms with van der Waals surface area (Å²) in [6, 6.07) is 10.7. The summed E-state index contributed by atoms with van der Waals surface area (Å²) in [5.74, 6) is 0.673. The lowest BCUT2D eigenvalue weighted by Crippen LogP contribution is -2.39. The molecule has 5 rings (SSSR count). The van der Waals surface area contributed by atoms with Crippen LogP contribution < -0.4 is 14.4 Å². The minimum atomic E-state index is -0.940. The number of imide groups is 1. The molecule has 168 valence electrons. The van der Waals surface area contributed by atoms with Crippen LogP contribution in [0.5, 0.6) is 11.5 Å². The van der Waals surface area contributed by atoms with Gasteiger partial charge in [-0.15, -0.1) is 0 Å². The van der Waals surface area contributed by atoms with Crippen LogP contribution >= 0.6 is 0 Å². The van der Waals surface area contributed by atoms with Crippen LogP contribution in [0.4, 0.5) is 5.69 Å². The van der Waals surface area contributed by atoms with Gasteiger partial charge in [-0.2, -0.15) is 10.1 Å². The summed E-state index contributed by atoms with van der Waals surface area (Å²) in [4.78, 5) is 31.7. The Bertz CT molecular complexity index is 1250. The van der Waals surface area contributed by atoms with E-state index >= 15 is 0 Å². The van der Waals surface area contributed by atoms with Crippen molar-refractivity contribution in [2.24, 2.45) is 10.3 Å². The molecule has 3 heterocycles. The molecule has 0 bridgehead atoms. The Kier molecular flexibility index (Phi) is 5.00. The van der Waals surface area contributed by atoms with Crippen LogP contribution in [-0.2, 0) is 16.1 Å². The van der Waals surface area contributed by atoms with E-state index in [9.17, 15) is 9.59 Å². The summed E-state index contributed by atoms with van der Waals surface area (Å²) < 4.78 is 15.9. The van der Waals surface area contributed by atoms with Gasteiger partial charge < -0.3 is 14.0 Å². The fourth-order valence-corrected chi connectivity index (χ4v) is 3.85. The lowest BCUT2D eigenvalue weighted by atomic mass is 10.1. The average Bonchev–Trinajstić information content (AvgIpc) is 3.52. The van der Waals surface area contributed by atoms with Gasteiger partial charge in [0.2, 0.25) is 11.7 Å². The second-order valence-corrected chi connectivity index (χ2v) is 7.62. The molecule has 0 N–H and O–H groups in total. The maximum absolute atomic E-state index is 13.2. The lowest BCUT2D eigenvalue weighted by Gasteiger charge is -2.20. The smallest absolute Gasteiger partial charge is 0.263 e. The number of aromatic nitrogens is 2. The number of fused-ring (bicyclic) bond motifs is 1. The van der Waals surface area contributed by atoms with Crippen molar-refractivity contribution in [3.8, 4) is 22.9 Å². The van der Waals surface area contributed by atoms with E-state index in [1.54, 1.807) is 18.2 Å². The van der Waals surface area contributed by atoms with Gasteiger partial charge in [0.1, 0.15) is 6.54 Å². The predicted octanol–water partition coefficient (Wildman–Crippen LogP) is 2.56. The van der Waals surface area contributed by atoms with E-state index in [4.69, 9.17) is 14.0 Å². The molecule has 1 saturated heterocycles. The van der Waals surface area contributed by atoms with Crippen LogP contribution in [-0.4, -0.2) is 53.3 Å². The van der Waals surface area contributed by atoms with Gasteiger partial charge in [-0.1, -0.05) is 40.2 Å². The number of nitrogens with zero attached hydrogens (tertiary/aromatic N) is 6. The van der Waals surface area contributed by atoms with Crippen molar-refractivity contribution < 1.29 is 23.6 Å². The summed E-state index contributed by atoms with van der Waals surface area (Å²) in [5.41, 5.74) is 2.30. The van der Waals surface area contributed by atoms with Crippen molar-refractivity contribution in [2.45, 2.75) is 25.6 Å². The largest absolute Gasteiger partial charge is 0.493 e. The average molecular weight is 448 g/mol. The number of methoxy groups -OCH3 is 2. The number of benzene rings is 2. The molecule has 0 unspecified atom stereocenters. The number of anilines is 1. The molecular weight excluding hydrogens is 428 g/mol. The molecule has 11 heteroatoms. The van der Waals surface area contributed by atoms with Crippen LogP contribution in [0.3, 0.4) is 0 Å². The number of rotatable bonds is 6. The zero-order valence-electron chi connectivity index (χ0n) is 18.1. The molecule has 2 amide bonds. The molecule has 1 fully saturated rings. The Morgan fingerprint density at radius 3 is 2.48 bits per heavy atom. The lowest BCUT2D eigenvalue weighted by molar-refractivity contribution is -0.123. The summed E-state index contributed by atoms with van der Waals surface area (Å²) in [6.45, 7) is 2.04. The molecule has 0 spiro atoms. The predicted molar refractivity (Wildman–Crippen MR) is 114 cm³/mol. The van der Waals surface area contributed by atoms with E-state index in [0.717, 1.165) is 16.0 Å². The number of hydrogen-bond donors (Lipinski definition) is 0. The molecule has 2 aliphatic rings. The third kappa shape index (κ3) is 3.47. The number of carbonyl (C=O) groups excluding carboxylic acids is 2. The first kappa shape index (κ1) is 20.6. The molecule has 11 nitrogen and oxygen atoms in total. The zero-order valence-corrected chi connectivity index (χ0v) is 18.1. The van der Waals surface area contributed by atoms with Gasteiger partial charge in [0.15, 0.2) is 23.6 Å². The highest BCUT2D eigenvalue weighted by Gasteiger charge is 2.55. The quantitative estimate of drug-likeness (QED) is 0.527. The van der Waals surface area contributed by atoms with Crippen LogP contribution in [0.15, 0.2) is 57.3 Å². The molecule has 3 aromatic rings. The number of amides is 2. The number of aryl methyl sites for hydroxylation is 1. The number of hydrogen-bond acceptors (Lipinski definition) is 10. The van der Waals surface area contributed by atoms with Gasteiger partial charge in [0.05, 0.1) is 19.9 Å². The molecule has 1 aromatic heterocycles. The van der Waals surface area contributed by atoms with E-state index < -0.39 is 23.9 Å². The highest BCUT2D eigenvalue weighted by molar-refractivity contribution is 6.25. The van der Waals surface area contributed by atoms with Gasteiger partial charge in [-0.3, -0.25) is 14.6 Å². The minimum absolute atomic E-state index is 0.0440. The number of ether oxygens (including phenoxy) is 2. The third-order valence-electron chi connectivity index (χ3n) is 5.56. The number of carbonyl (C=O) groups is 2. The van der Waals surface area contributed by atoms with E-state index in [1.807, 2.05) is 31.2 Å². The van der Waals surface area contributed by atoms with E-state index in [1.165, 1.54) is 19.2 Å². The Labute approximate surface area is 188 Å². The standard InChI is InChI=1S/C22H20N6O5/c1-12-4-6-13(7-5-12)20-23-17(33-25-20)11-27-19-18(24-26-27)21(29)28(22(19)30)14-8-9-15(31-2)16(10-14)32-3/h4-10,18-19H,11H2,1-3H3/t18-,19+/m0/s1. The maximum Gasteiger partial charge on any atom is 0.263 e. The van der Waals surface area contributed by atoms with Gasteiger partial charge >= 0.3 is 0 Å². The van der Waals surface area contributed by atoms with Gasteiger partial charge in [-0.05, 0) is 19.1 Å². The van der Waals surface area contributed by atoms with Crippen molar-refractivity contribution >= 4 is 17.5 Å². The SMILES string of the molecule is COc1ccc(N2C(=O)[C@H]3N=NN(Cc4nc(-c5ccc(C)cc5)no4)[C@H]3C2=O)cc1OC. The normalized spacial score (nSPS) is 19.4. The second kappa shape index (κ2) is 8.01. The van der Waals surface area contributed by atoms with Gasteiger partial charge in [0.25, 0.3) is 11.8 Å². The van der Waals surface area contributed by atoms with E-state index in [0.29, 0.717) is 23.0 Å². The molecule has 0 saturated carbocycles. The molecule has 2 atom stereocenters. The Morgan fingerprint density at radius 2 is 1.76 bits per heavy atom. The molecule has 0 radical (unpaired) electrons. The molecular formula is C22H20N6O5. The summed E-state index contributed by atoms with van der Waals surface area (Å²) in [5, 5.41) is 13.4. The Balaban J connectivity index is 1.36. The van der Waals surface area contributed by atoms with E-state index in [-0.39, 0.29) is 12.4 Å². The fraction of sp³-hybridized carbons (Fsp3) is 0.273. The molecule has 0 aliphatic carbocycles. The molecule has 2 aromatic carbocycles. The van der Waals surface area contributed by atoms with E-state index in [2.05, 4.69) is 20.5 Å². The van der Waals surface area contributed by atoms with Crippen molar-refractivity contribution in [2.75, 3.05) is 19.1 Å². The monoisotopic (exact) mass is 448 g/mol. The van der Waals surface area contributed by atoms with Crippen LogP contribution in [0.2, 0.25) is 0 Å². The summed E-state index contributed by atoms with van der Waals surface area (Å²) >= 11 is 0.